The lowest BCUT2D eigenvalue weighted by Crippen LogP contribution is -2.25. The van der Waals surface area contributed by atoms with Crippen LogP contribution in [0.5, 0.6) is 0 Å². The lowest BCUT2D eigenvalue weighted by molar-refractivity contribution is 0.375. The minimum absolute atomic E-state index is 0.176. The Morgan fingerprint density at radius 2 is 2.20 bits per heavy atom. The molecule has 0 aliphatic heterocycles. The molecule has 10 heavy (non-hydrogen) atoms. The van der Waals surface area contributed by atoms with Gasteiger partial charge in [-0.15, -0.1) is 0 Å². The molecule has 0 aromatic carbocycles. The van der Waals surface area contributed by atoms with Crippen LogP contribution in [0.2, 0.25) is 0 Å². The van der Waals surface area contributed by atoms with Gasteiger partial charge < -0.3 is 10.8 Å². The zero-order chi connectivity index (χ0) is 7.72. The second kappa shape index (κ2) is 2.27. The molecule has 0 fully saturated rings. The molecule has 1 atom stereocenters. The fraction of sp³-hybridized carbons (Fsp3) is 0.143. The van der Waals surface area contributed by atoms with Gasteiger partial charge in [0.1, 0.15) is 11.6 Å². The maximum absolute atomic E-state index is 12.4. The smallest absolute Gasteiger partial charge is 0.126 e. The number of halogens is 1. The molecule has 0 aromatic rings. The van der Waals surface area contributed by atoms with E-state index in [0.717, 1.165) is 6.08 Å². The predicted molar refractivity (Wildman–Crippen MR) is 37.0 cm³/mol. The van der Waals surface area contributed by atoms with Crippen LogP contribution >= 0.6 is 0 Å². The van der Waals surface area contributed by atoms with Gasteiger partial charge in [-0.05, 0) is 11.6 Å². The highest BCUT2D eigenvalue weighted by Gasteiger charge is 2.15. The average molecular weight is 141 g/mol. The topological polar surface area (TPSA) is 46.2 Å². The van der Waals surface area contributed by atoms with E-state index in [0.29, 0.717) is 5.57 Å². The summed E-state index contributed by atoms with van der Waals surface area (Å²) in [6.45, 7) is 3.45. The van der Waals surface area contributed by atoms with Crippen LogP contribution in [0.15, 0.2) is 35.9 Å². The van der Waals surface area contributed by atoms with Gasteiger partial charge in [0.05, 0.1) is 6.04 Å². The molecule has 0 amide bonds. The van der Waals surface area contributed by atoms with E-state index in [4.69, 9.17) is 10.8 Å². The highest BCUT2D eigenvalue weighted by Crippen LogP contribution is 2.18. The first kappa shape index (κ1) is 7.02. The number of hydrogen-bond acceptors (Lipinski definition) is 2. The van der Waals surface area contributed by atoms with Crippen molar-refractivity contribution in [3.05, 3.63) is 35.9 Å². The third-order valence-corrected chi connectivity index (χ3v) is 1.33. The zero-order valence-electron chi connectivity index (χ0n) is 5.34. The summed E-state index contributed by atoms with van der Waals surface area (Å²) >= 11 is 0. The van der Waals surface area contributed by atoms with E-state index in [1.54, 1.807) is 0 Å². The van der Waals surface area contributed by atoms with E-state index in [-0.39, 0.29) is 5.76 Å². The Morgan fingerprint density at radius 1 is 1.60 bits per heavy atom. The third-order valence-electron chi connectivity index (χ3n) is 1.33. The van der Waals surface area contributed by atoms with Gasteiger partial charge in [0.25, 0.3) is 0 Å². The average Bonchev–Trinajstić information content (AvgIpc) is 1.82. The number of hydrogen-bond donors (Lipinski definition) is 2. The molecule has 0 radical (unpaired) electrons. The number of allylic oxidation sites excluding steroid dienone is 2. The van der Waals surface area contributed by atoms with Crippen LogP contribution in [-0.4, -0.2) is 11.1 Å². The van der Waals surface area contributed by atoms with Gasteiger partial charge in [-0.3, -0.25) is 0 Å². The lowest BCUT2D eigenvalue weighted by atomic mass is 10.0. The van der Waals surface area contributed by atoms with Crippen molar-refractivity contribution in [3.8, 4) is 0 Å². The summed E-state index contributed by atoms with van der Waals surface area (Å²) in [5, 5.41) is 8.91. The Morgan fingerprint density at radius 3 is 2.70 bits per heavy atom. The van der Waals surface area contributed by atoms with E-state index >= 15 is 0 Å². The molecule has 1 rings (SSSR count). The second-order valence-corrected chi connectivity index (χ2v) is 2.15. The quantitative estimate of drug-likeness (QED) is 0.532. The Labute approximate surface area is 58.2 Å². The van der Waals surface area contributed by atoms with Crippen molar-refractivity contribution in [1.29, 1.82) is 0 Å². The molecule has 3 heteroatoms. The lowest BCUT2D eigenvalue weighted by Gasteiger charge is -2.14. The van der Waals surface area contributed by atoms with E-state index in [1.165, 1.54) is 6.08 Å². The molecule has 1 aliphatic rings. The molecule has 0 saturated heterocycles. The molecule has 2 nitrogen and oxygen atoms in total. The molecule has 1 aliphatic carbocycles. The molecule has 54 valence electrons. The molecular weight excluding hydrogens is 133 g/mol. The van der Waals surface area contributed by atoms with Crippen molar-refractivity contribution in [2.75, 3.05) is 0 Å². The van der Waals surface area contributed by atoms with Crippen LogP contribution in [0.3, 0.4) is 0 Å². The summed E-state index contributed by atoms with van der Waals surface area (Å²) in [4.78, 5) is 0. The van der Waals surface area contributed by atoms with Crippen molar-refractivity contribution in [3.63, 3.8) is 0 Å². The normalized spacial score (nSPS) is 25.8. The number of aliphatic hydroxyl groups is 1. The zero-order valence-corrected chi connectivity index (χ0v) is 5.34. The van der Waals surface area contributed by atoms with Gasteiger partial charge in [-0.2, -0.15) is 0 Å². The standard InChI is InChI=1S/C7H8FNO/c1-4-2-5(8)3-6(10)7(4)9/h2-3,7,10H,1,9H2. The van der Waals surface area contributed by atoms with Crippen LogP contribution in [0.4, 0.5) is 4.39 Å². The van der Waals surface area contributed by atoms with E-state index in [2.05, 4.69) is 6.58 Å². The summed E-state index contributed by atoms with van der Waals surface area (Å²) < 4.78 is 12.4. The van der Waals surface area contributed by atoms with Crippen LogP contribution in [0.25, 0.3) is 0 Å². The Balaban J connectivity index is 2.95. The minimum Gasteiger partial charge on any atom is -0.510 e. The van der Waals surface area contributed by atoms with Crippen molar-refractivity contribution in [1.82, 2.24) is 0 Å². The van der Waals surface area contributed by atoms with Gasteiger partial charge >= 0.3 is 0 Å². The fourth-order valence-electron chi connectivity index (χ4n) is 0.730. The Hall–Kier alpha value is -1.09. The first-order valence-electron chi connectivity index (χ1n) is 2.83. The molecule has 0 aromatic heterocycles. The summed E-state index contributed by atoms with van der Waals surface area (Å²) in [5.74, 6) is -0.686. The van der Waals surface area contributed by atoms with Crippen molar-refractivity contribution in [2.45, 2.75) is 6.04 Å². The number of rotatable bonds is 0. The van der Waals surface area contributed by atoms with Crippen LogP contribution in [0.1, 0.15) is 0 Å². The number of aliphatic hydroxyl groups excluding tert-OH is 1. The monoisotopic (exact) mass is 141 g/mol. The first-order valence-corrected chi connectivity index (χ1v) is 2.83. The molecule has 0 heterocycles. The summed E-state index contributed by atoms with van der Waals surface area (Å²) in [7, 11) is 0. The van der Waals surface area contributed by atoms with E-state index in [9.17, 15) is 4.39 Å². The van der Waals surface area contributed by atoms with Gasteiger partial charge in [0.15, 0.2) is 0 Å². The third kappa shape index (κ3) is 1.09. The van der Waals surface area contributed by atoms with E-state index in [1.807, 2.05) is 0 Å². The van der Waals surface area contributed by atoms with Crippen LogP contribution in [0, 0.1) is 0 Å². The maximum atomic E-state index is 12.4. The predicted octanol–water partition coefficient (Wildman–Crippen LogP) is 1.18. The molecular formula is C7H8FNO. The molecule has 1 unspecified atom stereocenters. The van der Waals surface area contributed by atoms with Crippen molar-refractivity contribution < 1.29 is 9.50 Å². The highest BCUT2D eigenvalue weighted by molar-refractivity contribution is 5.39. The summed E-state index contributed by atoms with van der Waals surface area (Å²) in [5.41, 5.74) is 5.74. The first-order chi connectivity index (χ1) is 4.61. The van der Waals surface area contributed by atoms with Gasteiger partial charge in [-0.1, -0.05) is 6.58 Å². The maximum Gasteiger partial charge on any atom is 0.126 e. The van der Waals surface area contributed by atoms with E-state index < -0.39 is 11.9 Å². The largest absolute Gasteiger partial charge is 0.510 e. The van der Waals surface area contributed by atoms with Gasteiger partial charge in [-0.25, -0.2) is 4.39 Å². The van der Waals surface area contributed by atoms with Crippen molar-refractivity contribution >= 4 is 0 Å². The molecule has 3 N–H and O–H groups in total. The second-order valence-electron chi connectivity index (χ2n) is 2.15. The molecule has 0 saturated carbocycles. The molecule has 0 bridgehead atoms. The highest BCUT2D eigenvalue weighted by atomic mass is 19.1. The van der Waals surface area contributed by atoms with Gasteiger partial charge in [0, 0.05) is 6.08 Å². The van der Waals surface area contributed by atoms with Gasteiger partial charge in [0.2, 0.25) is 0 Å². The summed E-state index contributed by atoms with van der Waals surface area (Å²) in [6.07, 6.45) is 2.18. The Kier molecular flexibility index (Phi) is 1.59. The Bertz CT molecular complexity index is 230. The summed E-state index contributed by atoms with van der Waals surface area (Å²) in [6, 6.07) is -0.639. The van der Waals surface area contributed by atoms with Crippen LogP contribution < -0.4 is 5.73 Å². The van der Waals surface area contributed by atoms with Crippen molar-refractivity contribution in [2.24, 2.45) is 5.73 Å². The number of nitrogens with two attached hydrogens (primary N) is 1. The minimum atomic E-state index is -0.639. The van der Waals surface area contributed by atoms with Crippen LogP contribution in [-0.2, 0) is 0 Å². The SMILES string of the molecule is C=C1C=C(F)C=C(O)C1N. The molecule has 0 spiro atoms. The fourth-order valence-corrected chi connectivity index (χ4v) is 0.730.